The van der Waals surface area contributed by atoms with Crippen LogP contribution in [0.5, 0.6) is 0 Å². The third-order valence-corrected chi connectivity index (χ3v) is 12.2. The smallest absolute Gasteiger partial charge is 0.234 e. The van der Waals surface area contributed by atoms with E-state index in [-0.39, 0.29) is 23.3 Å². The van der Waals surface area contributed by atoms with E-state index in [1.54, 1.807) is 23.1 Å². The van der Waals surface area contributed by atoms with Gasteiger partial charge in [0.15, 0.2) is 11.5 Å². The van der Waals surface area contributed by atoms with Crippen LogP contribution in [0.2, 0.25) is 0 Å². The second-order valence-electron chi connectivity index (χ2n) is 16.1. The molecule has 1 unspecified atom stereocenters. The average molecular weight is 739 g/mol. The summed E-state index contributed by atoms with van der Waals surface area (Å²) in [6.07, 6.45) is 16.2. The number of fused-ring (bicyclic) bond motifs is 1. The molecule has 282 valence electrons. The number of carbonyl (C=O) groups excluding carboxylic acids is 2. The molecule has 9 rings (SSSR count). The molecule has 0 spiro atoms. The number of carbonyl (C=O) groups is 2. The molecule has 2 amide bonds. The zero-order chi connectivity index (χ0) is 37.5. The molecular formula is C41H46N12O2. The highest BCUT2D eigenvalue weighted by molar-refractivity contribution is 6.01. The molecule has 2 saturated heterocycles. The van der Waals surface area contributed by atoms with E-state index in [2.05, 4.69) is 72.2 Å². The van der Waals surface area contributed by atoms with Crippen LogP contribution >= 0.6 is 0 Å². The van der Waals surface area contributed by atoms with E-state index in [1.165, 1.54) is 24.9 Å². The summed E-state index contributed by atoms with van der Waals surface area (Å²) < 4.78 is 3.57. The summed E-state index contributed by atoms with van der Waals surface area (Å²) in [7, 11) is 0. The quantitative estimate of drug-likeness (QED) is 0.180. The van der Waals surface area contributed by atoms with Crippen LogP contribution in [0.15, 0.2) is 61.2 Å². The van der Waals surface area contributed by atoms with E-state index in [9.17, 15) is 14.9 Å². The van der Waals surface area contributed by atoms with Gasteiger partial charge in [0.2, 0.25) is 11.8 Å². The lowest BCUT2D eigenvalue weighted by molar-refractivity contribution is -0.134. The fourth-order valence-corrected chi connectivity index (χ4v) is 8.48. The molecule has 4 aliphatic rings. The highest BCUT2D eigenvalue weighted by atomic mass is 16.2. The third-order valence-electron chi connectivity index (χ3n) is 12.2. The molecule has 4 fully saturated rings. The van der Waals surface area contributed by atoms with Gasteiger partial charge in [-0.3, -0.25) is 19.8 Å². The normalized spacial score (nSPS) is 22.7. The summed E-state index contributed by atoms with van der Waals surface area (Å²) in [5.41, 5.74) is 6.17. The molecule has 2 saturated carbocycles. The summed E-state index contributed by atoms with van der Waals surface area (Å²) >= 11 is 0. The summed E-state index contributed by atoms with van der Waals surface area (Å²) in [6, 6.07) is 14.3. The number of nitrogens with zero attached hydrogens (tertiary/aromatic N) is 10. The number of hydrogen-bond acceptors (Lipinski definition) is 11. The van der Waals surface area contributed by atoms with Crippen LogP contribution in [0.3, 0.4) is 0 Å². The van der Waals surface area contributed by atoms with Crippen molar-refractivity contribution in [1.82, 2.24) is 45.0 Å². The van der Waals surface area contributed by atoms with Gasteiger partial charge < -0.3 is 10.2 Å². The minimum atomic E-state index is -0.239. The fraction of sp³-hybridized carbons (Fsp3) is 0.463. The molecule has 2 N–H and O–H groups in total. The SMILES string of the molecule is CC1(Nc2cc(-n3ncc4cc(C#N)cnc43)ncc2-n2cc(C3CCC(CCN4CCN(c5ccc(C6CCC(=O)NC6=O)cc5)CC4)CC3)nn2)CC1. The van der Waals surface area contributed by atoms with Crippen molar-refractivity contribution < 1.29 is 9.59 Å². The lowest BCUT2D eigenvalue weighted by atomic mass is 9.79. The number of imide groups is 1. The topological polar surface area (TPSA) is 163 Å². The van der Waals surface area contributed by atoms with Gasteiger partial charge in [-0.1, -0.05) is 17.3 Å². The Labute approximate surface area is 319 Å². The zero-order valence-corrected chi connectivity index (χ0v) is 31.2. The van der Waals surface area contributed by atoms with Gasteiger partial charge in [-0.2, -0.15) is 15.0 Å². The van der Waals surface area contributed by atoms with E-state index in [0.29, 0.717) is 35.8 Å². The third kappa shape index (κ3) is 7.41. The van der Waals surface area contributed by atoms with Gasteiger partial charge in [-0.15, -0.1) is 5.10 Å². The molecule has 5 aromatic rings. The molecule has 2 aliphatic heterocycles. The Balaban J connectivity index is 0.777. The molecule has 1 aromatic carbocycles. The van der Waals surface area contributed by atoms with Crippen LogP contribution in [-0.2, 0) is 9.59 Å². The highest BCUT2D eigenvalue weighted by Gasteiger charge is 2.38. The first-order valence-electron chi connectivity index (χ1n) is 19.7. The van der Waals surface area contributed by atoms with Crippen LogP contribution < -0.4 is 15.5 Å². The van der Waals surface area contributed by atoms with Gasteiger partial charge in [0.05, 0.1) is 41.5 Å². The Morgan fingerprint density at radius 1 is 0.964 bits per heavy atom. The van der Waals surface area contributed by atoms with Crippen LogP contribution in [0.1, 0.15) is 93.4 Å². The van der Waals surface area contributed by atoms with Crippen LogP contribution in [0, 0.1) is 17.2 Å². The first kappa shape index (κ1) is 35.0. The highest BCUT2D eigenvalue weighted by Crippen LogP contribution is 2.41. The first-order valence-corrected chi connectivity index (χ1v) is 19.7. The average Bonchev–Trinajstić information content (AvgIpc) is 3.54. The molecule has 14 heteroatoms. The maximum Gasteiger partial charge on any atom is 0.234 e. The van der Waals surface area contributed by atoms with Gasteiger partial charge in [-0.25, -0.2) is 14.6 Å². The Morgan fingerprint density at radius 2 is 1.76 bits per heavy atom. The number of piperazine rings is 1. The number of nitrogens with one attached hydrogen (secondary N) is 2. The number of hydrogen-bond donors (Lipinski definition) is 2. The number of rotatable bonds is 10. The van der Waals surface area contributed by atoms with Gasteiger partial charge in [0.1, 0.15) is 11.8 Å². The Kier molecular flexibility index (Phi) is 9.25. The molecule has 0 radical (unpaired) electrons. The van der Waals surface area contributed by atoms with Crippen LogP contribution in [-0.4, -0.2) is 89.7 Å². The predicted molar refractivity (Wildman–Crippen MR) is 207 cm³/mol. The number of anilines is 2. The van der Waals surface area contributed by atoms with E-state index in [1.807, 2.05) is 29.1 Å². The Bertz CT molecular complexity index is 2250. The Hall–Kier alpha value is -5.68. The van der Waals surface area contributed by atoms with E-state index < -0.39 is 0 Å². The van der Waals surface area contributed by atoms with Crippen LogP contribution in [0.25, 0.3) is 22.5 Å². The van der Waals surface area contributed by atoms with Crippen molar-refractivity contribution in [2.75, 3.05) is 42.9 Å². The number of amides is 2. The minimum Gasteiger partial charge on any atom is -0.378 e. The largest absolute Gasteiger partial charge is 0.378 e. The number of pyridine rings is 2. The van der Waals surface area contributed by atoms with Gasteiger partial charge >= 0.3 is 0 Å². The molecule has 4 aromatic heterocycles. The molecule has 55 heavy (non-hydrogen) atoms. The van der Waals surface area contributed by atoms with Crippen molar-refractivity contribution >= 4 is 34.2 Å². The number of nitriles is 1. The lowest BCUT2D eigenvalue weighted by Gasteiger charge is -2.37. The second-order valence-corrected chi connectivity index (χ2v) is 16.1. The van der Waals surface area contributed by atoms with Crippen molar-refractivity contribution in [3.8, 4) is 17.6 Å². The second kappa shape index (κ2) is 14.5. The van der Waals surface area contributed by atoms with Crippen molar-refractivity contribution in [3.63, 3.8) is 0 Å². The summed E-state index contributed by atoms with van der Waals surface area (Å²) in [5, 5.41) is 30.1. The number of aromatic nitrogens is 7. The molecule has 2 aliphatic carbocycles. The number of benzene rings is 1. The number of piperidine rings is 1. The standard InChI is InChI=1S/C41H46N12O2/c1-41(13-14-41)47-34-21-37(53-39-31(24-45-53)20-28(22-42)23-44-39)43-25-36(34)52-26-35(48-49-52)30-4-2-27(3-5-30)12-15-50-16-18-51(19-17-50)32-8-6-29(7-9-32)33-10-11-38(54)46-40(33)55/h6-9,20-21,23-27,30,33H,2-5,10-19H2,1H3,(H,43,47)(H,46,54,55). The van der Waals surface area contributed by atoms with E-state index in [4.69, 9.17) is 4.98 Å². The Morgan fingerprint density at radius 3 is 2.51 bits per heavy atom. The summed E-state index contributed by atoms with van der Waals surface area (Å²) in [4.78, 5) is 38.1. The lowest BCUT2D eigenvalue weighted by Crippen LogP contribution is -2.47. The molecule has 14 nitrogen and oxygen atoms in total. The van der Waals surface area contributed by atoms with E-state index in [0.717, 1.165) is 92.3 Å². The van der Waals surface area contributed by atoms with Crippen LogP contribution in [0.4, 0.5) is 11.4 Å². The van der Waals surface area contributed by atoms with Crippen molar-refractivity contribution in [2.24, 2.45) is 5.92 Å². The maximum absolute atomic E-state index is 12.3. The molecule has 6 heterocycles. The zero-order valence-electron chi connectivity index (χ0n) is 31.2. The summed E-state index contributed by atoms with van der Waals surface area (Å²) in [6.45, 7) is 7.46. The fourth-order valence-electron chi connectivity index (χ4n) is 8.48. The van der Waals surface area contributed by atoms with Crippen molar-refractivity contribution in [2.45, 2.75) is 82.1 Å². The van der Waals surface area contributed by atoms with Gasteiger partial charge in [0, 0.05) is 67.4 Å². The van der Waals surface area contributed by atoms with Gasteiger partial charge in [-0.05, 0) is 94.5 Å². The molecule has 1 atom stereocenters. The summed E-state index contributed by atoms with van der Waals surface area (Å²) in [5.74, 6) is 1.18. The predicted octanol–water partition coefficient (Wildman–Crippen LogP) is 5.24. The van der Waals surface area contributed by atoms with Crippen molar-refractivity contribution in [1.29, 1.82) is 5.26 Å². The monoisotopic (exact) mass is 738 g/mol. The minimum absolute atomic E-state index is 0.0299. The van der Waals surface area contributed by atoms with Crippen molar-refractivity contribution in [3.05, 3.63) is 78.0 Å². The molecule has 0 bridgehead atoms. The maximum atomic E-state index is 12.3. The first-order chi connectivity index (χ1) is 26.8. The molecular weight excluding hydrogens is 693 g/mol. The van der Waals surface area contributed by atoms with E-state index >= 15 is 0 Å². The van der Waals surface area contributed by atoms with Gasteiger partial charge in [0.25, 0.3) is 0 Å².